The maximum atomic E-state index is 12.2. The molecule has 0 spiro atoms. The third kappa shape index (κ3) is 3.47. The lowest BCUT2D eigenvalue weighted by molar-refractivity contribution is -0.140. The number of thioether (sulfide) groups is 1. The van der Waals surface area contributed by atoms with Gasteiger partial charge in [-0.3, -0.25) is 14.5 Å². The Hall–Kier alpha value is -1.86. The minimum atomic E-state index is -0.166. The number of imide groups is 1. The minimum Gasteiger partial charge on any atom is -0.302 e. The zero-order valence-corrected chi connectivity index (χ0v) is 14.8. The number of aromatic nitrogens is 3. The van der Waals surface area contributed by atoms with Crippen molar-refractivity contribution in [2.45, 2.75) is 31.5 Å². The molecule has 1 fully saturated rings. The van der Waals surface area contributed by atoms with Crippen LogP contribution in [-0.2, 0) is 16.1 Å². The first-order valence-electron chi connectivity index (χ1n) is 7.75. The smallest absolute Gasteiger partial charge is 0.239 e. The molecule has 0 saturated carbocycles. The van der Waals surface area contributed by atoms with Crippen molar-refractivity contribution in [1.29, 1.82) is 0 Å². The summed E-state index contributed by atoms with van der Waals surface area (Å²) in [7, 11) is 0. The second-order valence-corrected chi connectivity index (χ2v) is 6.77. The van der Waals surface area contributed by atoms with Gasteiger partial charge in [-0.05, 0) is 37.6 Å². The largest absolute Gasteiger partial charge is 0.302 e. The maximum Gasteiger partial charge on any atom is 0.239 e. The lowest BCUT2D eigenvalue weighted by atomic mass is 10.2. The second kappa shape index (κ2) is 7.36. The van der Waals surface area contributed by atoms with Gasteiger partial charge in [0.1, 0.15) is 0 Å². The summed E-state index contributed by atoms with van der Waals surface area (Å²) >= 11 is 7.23. The van der Waals surface area contributed by atoms with E-state index in [1.54, 1.807) is 12.1 Å². The van der Waals surface area contributed by atoms with Crippen molar-refractivity contribution < 1.29 is 9.59 Å². The standard InChI is InChI=1S/C16H17ClN4O2S/c1-2-20-15(11-5-7-12(17)8-6-11)18-19-16(20)24-10-14(23)21-9-3-4-13(21)22/h5-8H,2-4,9-10H2,1H3. The molecule has 6 nitrogen and oxygen atoms in total. The van der Waals surface area contributed by atoms with E-state index in [0.29, 0.717) is 29.7 Å². The Morgan fingerprint density at radius 1 is 1.29 bits per heavy atom. The fourth-order valence-corrected chi connectivity index (χ4v) is 3.61. The maximum absolute atomic E-state index is 12.2. The molecule has 1 aliphatic heterocycles. The van der Waals surface area contributed by atoms with Crippen LogP contribution >= 0.6 is 23.4 Å². The Labute approximate surface area is 149 Å². The molecule has 24 heavy (non-hydrogen) atoms. The molecule has 1 aromatic heterocycles. The average Bonchev–Trinajstić information content (AvgIpc) is 3.19. The van der Waals surface area contributed by atoms with Crippen LogP contribution in [0.4, 0.5) is 0 Å². The quantitative estimate of drug-likeness (QED) is 0.763. The summed E-state index contributed by atoms with van der Waals surface area (Å²) in [6, 6.07) is 7.39. The first-order valence-corrected chi connectivity index (χ1v) is 9.11. The number of hydrogen-bond acceptors (Lipinski definition) is 5. The third-order valence-corrected chi connectivity index (χ3v) is 5.04. The van der Waals surface area contributed by atoms with Crippen molar-refractivity contribution in [3.8, 4) is 11.4 Å². The number of nitrogens with zero attached hydrogens (tertiary/aromatic N) is 4. The second-order valence-electron chi connectivity index (χ2n) is 5.39. The summed E-state index contributed by atoms with van der Waals surface area (Å²) in [5.41, 5.74) is 0.918. The first-order chi connectivity index (χ1) is 11.6. The lowest BCUT2D eigenvalue weighted by Crippen LogP contribution is -2.33. The summed E-state index contributed by atoms with van der Waals surface area (Å²) in [6.07, 6.45) is 1.21. The van der Waals surface area contributed by atoms with Gasteiger partial charge < -0.3 is 4.57 Å². The van der Waals surface area contributed by atoms with E-state index in [1.165, 1.54) is 16.7 Å². The van der Waals surface area contributed by atoms with Crippen LogP contribution in [0.2, 0.25) is 5.02 Å². The molecule has 3 rings (SSSR count). The zero-order chi connectivity index (χ0) is 17.1. The summed E-state index contributed by atoms with van der Waals surface area (Å²) in [6.45, 7) is 3.21. The van der Waals surface area contributed by atoms with E-state index >= 15 is 0 Å². The molecule has 0 aliphatic carbocycles. The highest BCUT2D eigenvalue weighted by Gasteiger charge is 2.26. The summed E-state index contributed by atoms with van der Waals surface area (Å²) in [5.74, 6) is 0.673. The predicted octanol–water partition coefficient (Wildman–Crippen LogP) is 2.86. The van der Waals surface area contributed by atoms with Crippen LogP contribution in [0, 0.1) is 0 Å². The van der Waals surface area contributed by atoms with Gasteiger partial charge in [0.2, 0.25) is 11.8 Å². The molecule has 0 bridgehead atoms. The van der Waals surface area contributed by atoms with Gasteiger partial charge in [0.25, 0.3) is 0 Å². The molecule has 2 aromatic rings. The van der Waals surface area contributed by atoms with Crippen molar-refractivity contribution in [3.63, 3.8) is 0 Å². The first kappa shape index (κ1) is 17.0. The van der Waals surface area contributed by atoms with E-state index in [1.807, 2.05) is 23.6 Å². The fourth-order valence-electron chi connectivity index (χ4n) is 2.61. The Bertz CT molecular complexity index is 760. The number of rotatable bonds is 5. The van der Waals surface area contributed by atoms with Crippen molar-refractivity contribution in [1.82, 2.24) is 19.7 Å². The number of likely N-dealkylation sites (tertiary alicyclic amines) is 1. The van der Waals surface area contributed by atoms with Crippen LogP contribution in [0.25, 0.3) is 11.4 Å². The van der Waals surface area contributed by atoms with Crippen LogP contribution in [-0.4, -0.2) is 43.8 Å². The van der Waals surface area contributed by atoms with Crippen LogP contribution in [0.15, 0.2) is 29.4 Å². The van der Waals surface area contributed by atoms with E-state index in [4.69, 9.17) is 11.6 Å². The van der Waals surface area contributed by atoms with E-state index in [9.17, 15) is 9.59 Å². The van der Waals surface area contributed by atoms with Crippen molar-refractivity contribution in [3.05, 3.63) is 29.3 Å². The normalized spacial score (nSPS) is 14.4. The van der Waals surface area contributed by atoms with Gasteiger partial charge in [-0.25, -0.2) is 0 Å². The monoisotopic (exact) mass is 364 g/mol. The molecule has 126 valence electrons. The number of benzene rings is 1. The molecule has 1 aliphatic rings. The average molecular weight is 365 g/mol. The Balaban J connectivity index is 1.73. The zero-order valence-electron chi connectivity index (χ0n) is 13.2. The molecule has 2 heterocycles. The molecule has 1 saturated heterocycles. The van der Waals surface area contributed by atoms with Gasteiger partial charge in [-0.2, -0.15) is 0 Å². The van der Waals surface area contributed by atoms with Crippen LogP contribution < -0.4 is 0 Å². The fraction of sp³-hybridized carbons (Fsp3) is 0.375. The van der Waals surface area contributed by atoms with Gasteiger partial charge in [0.15, 0.2) is 11.0 Å². The van der Waals surface area contributed by atoms with Crippen molar-refractivity contribution in [2.75, 3.05) is 12.3 Å². The Morgan fingerprint density at radius 2 is 2.04 bits per heavy atom. The SMILES string of the molecule is CCn1c(SCC(=O)N2CCCC2=O)nnc1-c1ccc(Cl)cc1. The van der Waals surface area contributed by atoms with Gasteiger partial charge in [-0.15, -0.1) is 10.2 Å². The van der Waals surface area contributed by atoms with Crippen LogP contribution in [0.1, 0.15) is 19.8 Å². The highest BCUT2D eigenvalue weighted by molar-refractivity contribution is 7.99. The highest BCUT2D eigenvalue weighted by atomic mass is 35.5. The van der Waals surface area contributed by atoms with Gasteiger partial charge >= 0.3 is 0 Å². The van der Waals surface area contributed by atoms with Crippen LogP contribution in [0.5, 0.6) is 0 Å². The van der Waals surface area contributed by atoms with E-state index in [-0.39, 0.29) is 17.6 Å². The molecular weight excluding hydrogens is 348 g/mol. The molecule has 0 radical (unpaired) electrons. The molecule has 0 N–H and O–H groups in total. The number of amides is 2. The van der Waals surface area contributed by atoms with E-state index < -0.39 is 0 Å². The number of hydrogen-bond donors (Lipinski definition) is 0. The molecule has 8 heteroatoms. The molecular formula is C16H17ClN4O2S. The number of halogens is 1. The van der Waals surface area contributed by atoms with Crippen LogP contribution in [0.3, 0.4) is 0 Å². The highest BCUT2D eigenvalue weighted by Crippen LogP contribution is 2.25. The summed E-state index contributed by atoms with van der Waals surface area (Å²) in [5, 5.41) is 9.76. The lowest BCUT2D eigenvalue weighted by Gasteiger charge is -2.13. The van der Waals surface area contributed by atoms with Gasteiger partial charge in [0, 0.05) is 30.1 Å². The van der Waals surface area contributed by atoms with Gasteiger partial charge in [-0.1, -0.05) is 23.4 Å². The van der Waals surface area contributed by atoms with E-state index in [0.717, 1.165) is 17.8 Å². The summed E-state index contributed by atoms with van der Waals surface area (Å²) < 4.78 is 1.95. The topological polar surface area (TPSA) is 68.1 Å². The number of carbonyl (C=O) groups is 2. The third-order valence-electron chi connectivity index (χ3n) is 3.83. The van der Waals surface area contributed by atoms with Crippen molar-refractivity contribution in [2.24, 2.45) is 0 Å². The molecule has 2 amide bonds. The molecule has 1 aromatic carbocycles. The van der Waals surface area contributed by atoms with Crippen molar-refractivity contribution >= 4 is 35.2 Å². The Kier molecular flexibility index (Phi) is 5.20. The van der Waals surface area contributed by atoms with Gasteiger partial charge in [0.05, 0.1) is 5.75 Å². The molecule has 0 unspecified atom stereocenters. The number of carbonyl (C=O) groups excluding carboxylic acids is 2. The summed E-state index contributed by atoms with van der Waals surface area (Å²) in [4.78, 5) is 25.1. The Morgan fingerprint density at radius 3 is 2.67 bits per heavy atom. The van der Waals surface area contributed by atoms with E-state index in [2.05, 4.69) is 10.2 Å². The molecule has 0 atom stereocenters. The minimum absolute atomic E-state index is 0.0839. The predicted molar refractivity (Wildman–Crippen MR) is 92.8 cm³/mol.